The Kier molecular flexibility index (Phi) is 4.55. The van der Waals surface area contributed by atoms with E-state index in [9.17, 15) is 4.79 Å². The molecule has 3 N–H and O–H groups in total. The Balaban J connectivity index is 1.40. The van der Waals surface area contributed by atoms with E-state index in [2.05, 4.69) is 52.1 Å². The molecule has 1 amide bonds. The summed E-state index contributed by atoms with van der Waals surface area (Å²) in [5, 5.41) is 7.87. The fraction of sp³-hybridized carbons (Fsp3) is 0.375. The molecule has 1 spiro atoms. The number of para-hydroxylation sites is 1. The van der Waals surface area contributed by atoms with Gasteiger partial charge in [0.05, 0.1) is 7.11 Å². The summed E-state index contributed by atoms with van der Waals surface area (Å²) in [5.41, 5.74) is 3.72. The first-order valence-electron chi connectivity index (χ1n) is 10.4. The Hall–Kier alpha value is -2.79. The first kappa shape index (κ1) is 18.3. The van der Waals surface area contributed by atoms with Gasteiger partial charge in [-0.05, 0) is 54.1 Å². The van der Waals surface area contributed by atoms with Gasteiger partial charge in [0.1, 0.15) is 5.75 Å². The highest BCUT2D eigenvalue weighted by Gasteiger charge is 2.58. The quantitative estimate of drug-likeness (QED) is 0.605. The van der Waals surface area contributed by atoms with E-state index in [4.69, 9.17) is 4.74 Å². The van der Waals surface area contributed by atoms with Gasteiger partial charge in [-0.1, -0.05) is 30.3 Å². The summed E-state index contributed by atoms with van der Waals surface area (Å²) in [7, 11) is 1.68. The van der Waals surface area contributed by atoms with Crippen LogP contribution in [0.5, 0.6) is 5.75 Å². The standard InChI is InChI=1S/C24H27N3O2/c1-29-17-8-6-16(7-9-17)19(20-14-26-22-5-3-2-4-18(20)22)13-27-23(28)21-12-24(21)10-11-25-15-24/h2-9,14,19,21,25-26H,10-13,15H2,1H3,(H,27,28). The zero-order valence-corrected chi connectivity index (χ0v) is 16.7. The van der Waals surface area contributed by atoms with Crippen LogP contribution < -0.4 is 15.4 Å². The molecule has 1 aromatic heterocycles. The van der Waals surface area contributed by atoms with E-state index in [1.807, 2.05) is 18.2 Å². The highest BCUT2D eigenvalue weighted by molar-refractivity contribution is 5.85. The van der Waals surface area contributed by atoms with Crippen LogP contribution in [0.2, 0.25) is 0 Å². The number of methoxy groups -OCH3 is 1. The average Bonchev–Trinajstić information content (AvgIpc) is 3.07. The van der Waals surface area contributed by atoms with Gasteiger partial charge in [-0.2, -0.15) is 0 Å². The van der Waals surface area contributed by atoms with Crippen LogP contribution in [0.1, 0.15) is 29.9 Å². The highest BCUT2D eigenvalue weighted by atomic mass is 16.5. The number of nitrogens with one attached hydrogen (secondary N) is 3. The lowest BCUT2D eigenvalue weighted by atomic mass is 9.90. The molecule has 150 valence electrons. The van der Waals surface area contributed by atoms with Gasteiger partial charge in [0.2, 0.25) is 5.91 Å². The topological polar surface area (TPSA) is 66.2 Å². The van der Waals surface area contributed by atoms with E-state index in [1.54, 1.807) is 7.11 Å². The third-order valence-corrected chi connectivity index (χ3v) is 6.78. The van der Waals surface area contributed by atoms with E-state index in [0.717, 1.165) is 37.2 Å². The molecule has 2 aromatic carbocycles. The van der Waals surface area contributed by atoms with Gasteiger partial charge in [-0.15, -0.1) is 0 Å². The van der Waals surface area contributed by atoms with Gasteiger partial charge >= 0.3 is 0 Å². The lowest BCUT2D eigenvalue weighted by Gasteiger charge is -2.19. The Morgan fingerprint density at radius 2 is 2.07 bits per heavy atom. The van der Waals surface area contributed by atoms with Gasteiger partial charge in [-0.25, -0.2) is 0 Å². The largest absolute Gasteiger partial charge is 0.497 e. The van der Waals surface area contributed by atoms with Crippen molar-refractivity contribution in [3.05, 3.63) is 65.9 Å². The maximum Gasteiger partial charge on any atom is 0.223 e. The zero-order valence-electron chi connectivity index (χ0n) is 16.7. The number of fused-ring (bicyclic) bond motifs is 1. The molecule has 3 unspecified atom stereocenters. The van der Waals surface area contributed by atoms with Gasteiger partial charge < -0.3 is 20.4 Å². The Bertz CT molecular complexity index is 1020. The Morgan fingerprint density at radius 1 is 1.24 bits per heavy atom. The number of rotatable bonds is 6. The highest BCUT2D eigenvalue weighted by Crippen LogP contribution is 2.56. The van der Waals surface area contributed by atoms with Crippen molar-refractivity contribution in [1.29, 1.82) is 0 Å². The minimum atomic E-state index is 0.0809. The van der Waals surface area contributed by atoms with Crippen LogP contribution >= 0.6 is 0 Å². The number of aromatic amines is 1. The molecule has 0 radical (unpaired) electrons. The third kappa shape index (κ3) is 3.29. The van der Waals surface area contributed by atoms with Crippen LogP contribution in [0.4, 0.5) is 0 Å². The van der Waals surface area contributed by atoms with Crippen LogP contribution in [0, 0.1) is 11.3 Å². The lowest BCUT2D eigenvalue weighted by Crippen LogP contribution is -2.32. The van der Waals surface area contributed by atoms with Crippen LogP contribution in [0.3, 0.4) is 0 Å². The molecular weight excluding hydrogens is 362 g/mol. The molecule has 5 nitrogen and oxygen atoms in total. The molecule has 29 heavy (non-hydrogen) atoms. The van der Waals surface area contributed by atoms with Crippen LogP contribution in [-0.4, -0.2) is 37.6 Å². The number of benzene rings is 2. The van der Waals surface area contributed by atoms with Crippen LogP contribution in [-0.2, 0) is 4.79 Å². The molecule has 5 heteroatoms. The molecule has 3 aromatic rings. The van der Waals surface area contributed by atoms with E-state index < -0.39 is 0 Å². The first-order chi connectivity index (χ1) is 14.2. The summed E-state index contributed by atoms with van der Waals surface area (Å²) >= 11 is 0. The number of carbonyl (C=O) groups is 1. The molecule has 3 atom stereocenters. The Labute approximate surface area is 170 Å². The molecule has 2 heterocycles. The molecule has 1 aliphatic heterocycles. The fourth-order valence-corrected chi connectivity index (χ4v) is 4.90. The summed E-state index contributed by atoms with van der Waals surface area (Å²) < 4.78 is 5.32. The van der Waals surface area contributed by atoms with E-state index in [1.165, 1.54) is 16.5 Å². The summed E-state index contributed by atoms with van der Waals surface area (Å²) in [6, 6.07) is 16.5. The molecule has 2 fully saturated rings. The number of amides is 1. The predicted molar refractivity (Wildman–Crippen MR) is 114 cm³/mol. The number of carbonyl (C=O) groups excluding carboxylic acids is 1. The van der Waals surface area contributed by atoms with Crippen molar-refractivity contribution in [3.8, 4) is 5.75 Å². The zero-order chi connectivity index (χ0) is 19.8. The molecule has 1 saturated carbocycles. The molecule has 1 saturated heterocycles. The first-order valence-corrected chi connectivity index (χ1v) is 10.4. The normalized spacial score (nSPS) is 24.0. The number of hydrogen-bond donors (Lipinski definition) is 3. The number of aromatic nitrogens is 1. The SMILES string of the molecule is COc1ccc(C(CNC(=O)C2CC23CCNC3)c2c[nH]c3ccccc23)cc1. The van der Waals surface area contributed by atoms with E-state index in [-0.39, 0.29) is 23.2 Å². The minimum absolute atomic E-state index is 0.0809. The van der Waals surface area contributed by atoms with Crippen molar-refractivity contribution in [3.63, 3.8) is 0 Å². The summed E-state index contributed by atoms with van der Waals surface area (Å²) in [4.78, 5) is 16.2. The molecular formula is C24H27N3O2. The van der Waals surface area contributed by atoms with Crippen molar-refractivity contribution in [2.45, 2.75) is 18.8 Å². The van der Waals surface area contributed by atoms with Gasteiger partial charge in [-0.3, -0.25) is 4.79 Å². The van der Waals surface area contributed by atoms with Gasteiger partial charge in [0.25, 0.3) is 0 Å². The summed E-state index contributed by atoms with van der Waals surface area (Å²) in [6.45, 7) is 2.61. The summed E-state index contributed by atoms with van der Waals surface area (Å²) in [5.74, 6) is 1.28. The lowest BCUT2D eigenvalue weighted by molar-refractivity contribution is -0.123. The van der Waals surface area contributed by atoms with Gasteiger partial charge in [0, 0.05) is 42.0 Å². The maximum absolute atomic E-state index is 12.9. The van der Waals surface area contributed by atoms with Crippen LogP contribution in [0.15, 0.2) is 54.7 Å². The predicted octanol–water partition coefficient (Wildman–Crippen LogP) is 3.42. The smallest absolute Gasteiger partial charge is 0.223 e. The second kappa shape index (κ2) is 7.23. The second-order valence-electron chi connectivity index (χ2n) is 8.41. The average molecular weight is 389 g/mol. The maximum atomic E-state index is 12.9. The van der Waals surface area contributed by atoms with Gasteiger partial charge in [0.15, 0.2) is 0 Å². The third-order valence-electron chi connectivity index (χ3n) is 6.78. The van der Waals surface area contributed by atoms with Crippen molar-refractivity contribution in [2.24, 2.45) is 11.3 Å². The van der Waals surface area contributed by atoms with E-state index >= 15 is 0 Å². The Morgan fingerprint density at radius 3 is 2.83 bits per heavy atom. The van der Waals surface area contributed by atoms with Crippen molar-refractivity contribution >= 4 is 16.8 Å². The van der Waals surface area contributed by atoms with Crippen molar-refractivity contribution in [2.75, 3.05) is 26.7 Å². The fourth-order valence-electron chi connectivity index (χ4n) is 4.90. The minimum Gasteiger partial charge on any atom is -0.497 e. The monoisotopic (exact) mass is 389 g/mol. The second-order valence-corrected chi connectivity index (χ2v) is 8.41. The summed E-state index contributed by atoms with van der Waals surface area (Å²) in [6.07, 6.45) is 4.22. The molecule has 1 aliphatic carbocycles. The van der Waals surface area contributed by atoms with Crippen molar-refractivity contribution < 1.29 is 9.53 Å². The molecule has 5 rings (SSSR count). The number of ether oxygens (including phenoxy) is 1. The molecule has 0 bridgehead atoms. The number of H-pyrrole nitrogens is 1. The van der Waals surface area contributed by atoms with Crippen molar-refractivity contribution in [1.82, 2.24) is 15.6 Å². The number of hydrogen-bond acceptors (Lipinski definition) is 3. The van der Waals surface area contributed by atoms with E-state index in [0.29, 0.717) is 6.54 Å². The van der Waals surface area contributed by atoms with Crippen LogP contribution in [0.25, 0.3) is 10.9 Å². The molecule has 2 aliphatic rings.